The molecule has 2 nitrogen and oxygen atoms in total. The Labute approximate surface area is 74.4 Å². The number of aliphatic hydroxyl groups excluding tert-OH is 1. The van der Waals surface area contributed by atoms with Crippen LogP contribution in [0.1, 0.15) is 39.0 Å². The van der Waals surface area contributed by atoms with Crippen molar-refractivity contribution < 1.29 is 5.11 Å². The van der Waals surface area contributed by atoms with Gasteiger partial charge in [-0.2, -0.15) is 0 Å². The molecule has 2 fully saturated rings. The second kappa shape index (κ2) is 3.00. The highest BCUT2D eigenvalue weighted by atomic mass is 16.3. The van der Waals surface area contributed by atoms with Crippen LogP contribution in [0, 0.1) is 5.41 Å². The Bertz CT molecular complexity index is 161. The summed E-state index contributed by atoms with van der Waals surface area (Å²) in [6.45, 7) is 3.27. The fourth-order valence-electron chi connectivity index (χ4n) is 2.69. The van der Waals surface area contributed by atoms with Gasteiger partial charge in [0.05, 0.1) is 6.10 Å². The molecule has 2 rings (SSSR count). The molecule has 0 aromatic carbocycles. The van der Waals surface area contributed by atoms with E-state index in [1.807, 2.05) is 0 Å². The zero-order chi connectivity index (χ0) is 8.60. The summed E-state index contributed by atoms with van der Waals surface area (Å²) >= 11 is 0. The van der Waals surface area contributed by atoms with Crippen molar-refractivity contribution in [2.75, 3.05) is 6.54 Å². The minimum Gasteiger partial charge on any atom is -0.393 e. The minimum atomic E-state index is -0.0301. The lowest BCUT2D eigenvalue weighted by atomic mass is 9.76. The molecule has 1 aliphatic heterocycles. The molecule has 1 saturated heterocycles. The lowest BCUT2D eigenvalue weighted by Crippen LogP contribution is -2.48. The van der Waals surface area contributed by atoms with E-state index in [0.29, 0.717) is 6.04 Å². The Morgan fingerprint density at radius 3 is 2.67 bits per heavy atom. The molecule has 12 heavy (non-hydrogen) atoms. The average Bonchev–Trinajstić information content (AvgIpc) is 2.41. The third-order valence-corrected chi connectivity index (χ3v) is 3.74. The quantitative estimate of drug-likeness (QED) is 0.572. The van der Waals surface area contributed by atoms with Gasteiger partial charge in [0.2, 0.25) is 0 Å². The van der Waals surface area contributed by atoms with Crippen LogP contribution in [0.3, 0.4) is 0 Å². The summed E-state index contributed by atoms with van der Waals surface area (Å²) in [5, 5.41) is 13.3. The Hall–Kier alpha value is -0.0800. The van der Waals surface area contributed by atoms with Crippen LogP contribution in [-0.4, -0.2) is 23.8 Å². The molecule has 70 valence electrons. The van der Waals surface area contributed by atoms with Crippen molar-refractivity contribution in [3.63, 3.8) is 0 Å². The standard InChI is InChI=1S/C10H19NO/c1-8-4-6-10(7-11-8)5-2-3-9(10)12/h8-9,11-12H,2-7H2,1H3. The molecule has 1 heterocycles. The van der Waals surface area contributed by atoms with Gasteiger partial charge in [-0.1, -0.05) is 6.42 Å². The molecular formula is C10H19NO. The molecule has 1 aliphatic carbocycles. The number of hydrogen-bond acceptors (Lipinski definition) is 2. The molecule has 0 aromatic heterocycles. The first-order valence-electron chi connectivity index (χ1n) is 5.14. The van der Waals surface area contributed by atoms with E-state index in [-0.39, 0.29) is 11.5 Å². The number of piperidine rings is 1. The first kappa shape index (κ1) is 8.52. The van der Waals surface area contributed by atoms with Crippen molar-refractivity contribution in [3.05, 3.63) is 0 Å². The van der Waals surface area contributed by atoms with Gasteiger partial charge in [-0.05, 0) is 32.6 Å². The predicted molar refractivity (Wildman–Crippen MR) is 49.0 cm³/mol. The van der Waals surface area contributed by atoms with E-state index >= 15 is 0 Å². The maximum atomic E-state index is 9.85. The van der Waals surface area contributed by atoms with Gasteiger partial charge in [0, 0.05) is 18.0 Å². The lowest BCUT2D eigenvalue weighted by molar-refractivity contribution is 0.0263. The van der Waals surface area contributed by atoms with Crippen LogP contribution in [0.5, 0.6) is 0 Å². The van der Waals surface area contributed by atoms with Gasteiger partial charge in [-0.3, -0.25) is 0 Å². The summed E-state index contributed by atoms with van der Waals surface area (Å²) in [6.07, 6.45) is 5.90. The molecule has 3 atom stereocenters. The summed E-state index contributed by atoms with van der Waals surface area (Å²) < 4.78 is 0. The summed E-state index contributed by atoms with van der Waals surface area (Å²) in [7, 11) is 0. The molecule has 2 heteroatoms. The van der Waals surface area contributed by atoms with Crippen molar-refractivity contribution >= 4 is 0 Å². The summed E-state index contributed by atoms with van der Waals surface area (Å²) in [5.74, 6) is 0. The fourth-order valence-corrected chi connectivity index (χ4v) is 2.69. The largest absolute Gasteiger partial charge is 0.393 e. The predicted octanol–water partition coefficient (Wildman–Crippen LogP) is 1.29. The lowest BCUT2D eigenvalue weighted by Gasteiger charge is -2.39. The van der Waals surface area contributed by atoms with E-state index in [1.54, 1.807) is 0 Å². The van der Waals surface area contributed by atoms with Gasteiger partial charge in [0.1, 0.15) is 0 Å². The van der Waals surface area contributed by atoms with E-state index in [9.17, 15) is 5.11 Å². The third-order valence-electron chi connectivity index (χ3n) is 3.74. The van der Waals surface area contributed by atoms with Crippen molar-refractivity contribution in [2.24, 2.45) is 5.41 Å². The van der Waals surface area contributed by atoms with Crippen LogP contribution >= 0.6 is 0 Å². The van der Waals surface area contributed by atoms with Crippen LogP contribution in [0.4, 0.5) is 0 Å². The molecule has 2 N–H and O–H groups in total. The topological polar surface area (TPSA) is 32.3 Å². The van der Waals surface area contributed by atoms with Crippen molar-refractivity contribution in [3.8, 4) is 0 Å². The van der Waals surface area contributed by atoms with Crippen LogP contribution in [-0.2, 0) is 0 Å². The molecule has 0 aromatic rings. The Kier molecular flexibility index (Phi) is 2.13. The molecule has 1 saturated carbocycles. The number of rotatable bonds is 0. The highest BCUT2D eigenvalue weighted by Crippen LogP contribution is 2.43. The van der Waals surface area contributed by atoms with Crippen LogP contribution in [0.15, 0.2) is 0 Å². The molecule has 2 aliphatic rings. The Morgan fingerprint density at radius 1 is 1.33 bits per heavy atom. The minimum absolute atomic E-state index is 0.0301. The smallest absolute Gasteiger partial charge is 0.0608 e. The van der Waals surface area contributed by atoms with Crippen molar-refractivity contribution in [2.45, 2.75) is 51.2 Å². The summed E-state index contributed by atoms with van der Waals surface area (Å²) in [4.78, 5) is 0. The van der Waals surface area contributed by atoms with Gasteiger partial charge in [-0.25, -0.2) is 0 Å². The van der Waals surface area contributed by atoms with Crippen LogP contribution in [0.2, 0.25) is 0 Å². The SMILES string of the molecule is CC1CCC2(CCCC2O)CN1. The maximum absolute atomic E-state index is 9.85. The van der Waals surface area contributed by atoms with E-state index in [0.717, 1.165) is 13.0 Å². The van der Waals surface area contributed by atoms with E-state index in [1.165, 1.54) is 25.7 Å². The van der Waals surface area contributed by atoms with E-state index in [2.05, 4.69) is 12.2 Å². The average molecular weight is 169 g/mol. The van der Waals surface area contributed by atoms with Gasteiger partial charge in [-0.15, -0.1) is 0 Å². The highest BCUT2D eigenvalue weighted by molar-refractivity contribution is 4.97. The normalized spacial score (nSPS) is 48.5. The highest BCUT2D eigenvalue weighted by Gasteiger charge is 2.43. The van der Waals surface area contributed by atoms with Gasteiger partial charge in [0.15, 0.2) is 0 Å². The molecular weight excluding hydrogens is 150 g/mol. The Morgan fingerprint density at radius 2 is 2.17 bits per heavy atom. The number of aliphatic hydroxyl groups is 1. The Balaban J connectivity index is 2.02. The number of nitrogens with one attached hydrogen (secondary N) is 1. The molecule has 1 spiro atoms. The van der Waals surface area contributed by atoms with Crippen LogP contribution < -0.4 is 5.32 Å². The van der Waals surface area contributed by atoms with Gasteiger partial charge in [0.25, 0.3) is 0 Å². The fraction of sp³-hybridized carbons (Fsp3) is 1.00. The van der Waals surface area contributed by atoms with E-state index in [4.69, 9.17) is 0 Å². The second-order valence-electron chi connectivity index (χ2n) is 4.59. The molecule has 3 unspecified atom stereocenters. The van der Waals surface area contributed by atoms with Crippen molar-refractivity contribution in [1.29, 1.82) is 0 Å². The zero-order valence-corrected chi connectivity index (χ0v) is 7.84. The molecule has 0 amide bonds. The first-order valence-corrected chi connectivity index (χ1v) is 5.14. The second-order valence-corrected chi connectivity index (χ2v) is 4.59. The van der Waals surface area contributed by atoms with Gasteiger partial charge < -0.3 is 10.4 Å². The number of hydrogen-bond donors (Lipinski definition) is 2. The van der Waals surface area contributed by atoms with Gasteiger partial charge >= 0.3 is 0 Å². The molecule has 0 bridgehead atoms. The third kappa shape index (κ3) is 1.27. The first-order chi connectivity index (χ1) is 5.73. The van der Waals surface area contributed by atoms with Crippen LogP contribution in [0.25, 0.3) is 0 Å². The maximum Gasteiger partial charge on any atom is 0.0608 e. The molecule has 0 radical (unpaired) electrons. The monoisotopic (exact) mass is 169 g/mol. The van der Waals surface area contributed by atoms with Crippen molar-refractivity contribution in [1.82, 2.24) is 5.32 Å². The summed E-state index contributed by atoms with van der Waals surface area (Å²) in [6, 6.07) is 0.656. The zero-order valence-electron chi connectivity index (χ0n) is 7.84. The summed E-state index contributed by atoms with van der Waals surface area (Å²) in [5.41, 5.74) is 0.256. The van der Waals surface area contributed by atoms with E-state index < -0.39 is 0 Å².